The predicted molar refractivity (Wildman–Crippen MR) is 104 cm³/mol. The van der Waals surface area contributed by atoms with Crippen LogP contribution in [0.3, 0.4) is 0 Å². The van der Waals surface area contributed by atoms with Gasteiger partial charge in [0.2, 0.25) is 0 Å². The molecule has 2 rings (SSSR count). The molecule has 0 spiro atoms. The molecule has 24 heavy (non-hydrogen) atoms. The number of para-hydroxylation sites is 1. The molecule has 1 aromatic rings. The van der Waals surface area contributed by atoms with Crippen LogP contribution in [0.2, 0.25) is 19.6 Å². The topological polar surface area (TPSA) is 35.9 Å². The van der Waals surface area contributed by atoms with Crippen LogP contribution in [0.15, 0.2) is 35.4 Å². The summed E-state index contributed by atoms with van der Waals surface area (Å²) in [6.45, 7) is 14.5. The lowest BCUT2D eigenvalue weighted by molar-refractivity contribution is -0.112. The van der Waals surface area contributed by atoms with Crippen LogP contribution in [-0.4, -0.2) is 36.3 Å². The van der Waals surface area contributed by atoms with Crippen LogP contribution in [0.4, 0.5) is 5.69 Å². The fourth-order valence-corrected chi connectivity index (χ4v) is 3.10. The zero-order valence-corrected chi connectivity index (χ0v) is 16.7. The standard InChI is InChI=1S/C19H27N3OSi/c1-15(23)18-20-22(16-11-9-8-10-12-16)17(13-14-24(5,6)7)21(18)19(2,3)4/h8-12,17H,1-7H3/t17-/m0/s1. The minimum atomic E-state index is -1.54. The number of carbonyl (C=O) groups excluding carboxylic acids is 1. The fourth-order valence-electron chi connectivity index (χ4n) is 2.54. The summed E-state index contributed by atoms with van der Waals surface area (Å²) in [6, 6.07) is 9.91. The molecule has 4 nitrogen and oxygen atoms in total. The van der Waals surface area contributed by atoms with Crippen LogP contribution in [0.5, 0.6) is 0 Å². The Bertz CT molecular complexity index is 702. The van der Waals surface area contributed by atoms with E-state index in [0.29, 0.717) is 5.84 Å². The molecule has 1 aliphatic rings. The van der Waals surface area contributed by atoms with Gasteiger partial charge >= 0.3 is 0 Å². The Hall–Kier alpha value is -2.06. The summed E-state index contributed by atoms with van der Waals surface area (Å²) >= 11 is 0. The van der Waals surface area contributed by atoms with E-state index in [0.717, 1.165) is 5.69 Å². The van der Waals surface area contributed by atoms with E-state index in [1.165, 1.54) is 0 Å². The van der Waals surface area contributed by atoms with Crippen LogP contribution in [0, 0.1) is 11.5 Å². The quantitative estimate of drug-likeness (QED) is 0.607. The van der Waals surface area contributed by atoms with Crippen LogP contribution < -0.4 is 5.01 Å². The maximum absolute atomic E-state index is 12.2. The van der Waals surface area contributed by atoms with Crippen molar-refractivity contribution in [2.75, 3.05) is 5.01 Å². The normalized spacial score (nSPS) is 18.1. The molecule has 128 valence electrons. The van der Waals surface area contributed by atoms with Gasteiger partial charge < -0.3 is 4.90 Å². The maximum Gasteiger partial charge on any atom is 0.196 e. The second kappa shape index (κ2) is 6.44. The number of carbonyl (C=O) groups is 1. The van der Waals surface area contributed by atoms with Crippen LogP contribution in [0.1, 0.15) is 27.7 Å². The molecule has 0 N–H and O–H groups in total. The molecule has 0 fully saturated rings. The number of hydrogen-bond acceptors (Lipinski definition) is 4. The van der Waals surface area contributed by atoms with Crippen molar-refractivity contribution in [1.82, 2.24) is 4.90 Å². The molecule has 0 saturated heterocycles. The van der Waals surface area contributed by atoms with Gasteiger partial charge in [-0.15, -0.1) is 10.6 Å². The first kappa shape index (κ1) is 18.3. The number of Topliss-reactive ketones (excluding diaryl/α,β-unsaturated/α-hetero) is 1. The number of hydrogen-bond donors (Lipinski definition) is 0. The minimum absolute atomic E-state index is 0.0387. The number of nitrogens with zero attached hydrogens (tertiary/aromatic N) is 3. The number of hydrazone groups is 1. The molecule has 1 aliphatic heterocycles. The SMILES string of the molecule is CC(=O)C1=NN(c2ccccc2)[C@@H](C#C[Si](C)(C)C)N1C(C)(C)C. The van der Waals surface area contributed by atoms with Gasteiger partial charge in [-0.2, -0.15) is 0 Å². The van der Waals surface area contributed by atoms with E-state index in [-0.39, 0.29) is 17.5 Å². The number of anilines is 1. The molecular formula is C19H27N3OSi. The summed E-state index contributed by atoms with van der Waals surface area (Å²) < 4.78 is 0. The Morgan fingerprint density at radius 1 is 1.17 bits per heavy atom. The lowest BCUT2D eigenvalue weighted by Crippen LogP contribution is -2.53. The lowest BCUT2D eigenvalue weighted by atomic mass is 10.0. The van der Waals surface area contributed by atoms with E-state index in [1.54, 1.807) is 6.92 Å². The number of benzene rings is 1. The predicted octanol–water partition coefficient (Wildman–Crippen LogP) is 3.72. The molecule has 0 amide bonds. The van der Waals surface area contributed by atoms with Crippen LogP contribution >= 0.6 is 0 Å². The van der Waals surface area contributed by atoms with Crippen molar-refractivity contribution in [2.24, 2.45) is 5.10 Å². The highest BCUT2D eigenvalue weighted by atomic mass is 28.3. The summed E-state index contributed by atoms with van der Waals surface area (Å²) in [4.78, 5) is 14.2. The first-order chi connectivity index (χ1) is 11.0. The van der Waals surface area contributed by atoms with Crippen molar-refractivity contribution in [3.05, 3.63) is 30.3 Å². The Morgan fingerprint density at radius 3 is 2.21 bits per heavy atom. The Balaban J connectivity index is 2.57. The largest absolute Gasteiger partial charge is 0.315 e. The number of ketones is 1. The third kappa shape index (κ3) is 4.07. The van der Waals surface area contributed by atoms with E-state index in [4.69, 9.17) is 0 Å². The average molecular weight is 342 g/mol. The maximum atomic E-state index is 12.2. The van der Waals surface area contributed by atoms with E-state index >= 15 is 0 Å². The molecule has 1 aromatic carbocycles. The van der Waals surface area contributed by atoms with Crippen molar-refractivity contribution < 1.29 is 4.79 Å². The summed E-state index contributed by atoms with van der Waals surface area (Å²) in [7, 11) is -1.54. The van der Waals surface area contributed by atoms with Crippen molar-refractivity contribution in [3.63, 3.8) is 0 Å². The van der Waals surface area contributed by atoms with Crippen molar-refractivity contribution in [1.29, 1.82) is 0 Å². The van der Waals surface area contributed by atoms with Crippen molar-refractivity contribution in [2.45, 2.75) is 59.0 Å². The molecular weight excluding hydrogens is 314 g/mol. The monoisotopic (exact) mass is 341 g/mol. The Morgan fingerprint density at radius 2 is 1.75 bits per heavy atom. The number of rotatable bonds is 2. The lowest BCUT2D eigenvalue weighted by Gasteiger charge is -2.38. The van der Waals surface area contributed by atoms with Gasteiger partial charge in [0, 0.05) is 12.5 Å². The van der Waals surface area contributed by atoms with E-state index in [9.17, 15) is 4.79 Å². The van der Waals surface area contributed by atoms with Gasteiger partial charge in [-0.05, 0) is 32.9 Å². The van der Waals surface area contributed by atoms with Crippen molar-refractivity contribution in [3.8, 4) is 11.5 Å². The molecule has 1 atom stereocenters. The first-order valence-electron chi connectivity index (χ1n) is 8.26. The van der Waals surface area contributed by atoms with Gasteiger partial charge in [0.25, 0.3) is 0 Å². The van der Waals surface area contributed by atoms with Gasteiger partial charge in [-0.1, -0.05) is 43.8 Å². The fraction of sp³-hybridized carbons (Fsp3) is 0.474. The minimum Gasteiger partial charge on any atom is -0.315 e. The van der Waals surface area contributed by atoms with Crippen LogP contribution in [-0.2, 0) is 4.79 Å². The molecule has 0 aliphatic carbocycles. The highest BCUT2D eigenvalue weighted by Gasteiger charge is 2.42. The molecule has 0 aromatic heterocycles. The third-order valence-corrected chi connectivity index (χ3v) is 4.44. The van der Waals surface area contributed by atoms with Gasteiger partial charge in [0.1, 0.15) is 8.07 Å². The average Bonchev–Trinajstić information content (AvgIpc) is 2.85. The zero-order chi connectivity index (χ0) is 18.1. The van der Waals surface area contributed by atoms with Crippen LogP contribution in [0.25, 0.3) is 0 Å². The Kier molecular flexibility index (Phi) is 4.91. The summed E-state index contributed by atoms with van der Waals surface area (Å²) in [5.74, 6) is 3.84. The second-order valence-electron chi connectivity index (χ2n) is 8.09. The molecule has 0 unspecified atom stereocenters. The van der Waals surface area contributed by atoms with Gasteiger partial charge in [-0.3, -0.25) is 4.79 Å². The smallest absolute Gasteiger partial charge is 0.196 e. The summed E-state index contributed by atoms with van der Waals surface area (Å²) in [6.07, 6.45) is -0.266. The third-order valence-electron chi connectivity index (χ3n) is 3.54. The summed E-state index contributed by atoms with van der Waals surface area (Å²) in [5, 5.41) is 6.50. The van der Waals surface area contributed by atoms with Gasteiger partial charge in [-0.25, -0.2) is 5.01 Å². The summed E-state index contributed by atoms with van der Waals surface area (Å²) in [5.41, 5.74) is 4.13. The van der Waals surface area contributed by atoms with E-state index in [1.807, 2.05) is 40.2 Å². The first-order valence-corrected chi connectivity index (χ1v) is 11.8. The molecule has 0 saturated carbocycles. The highest BCUT2D eigenvalue weighted by Crippen LogP contribution is 2.30. The molecule has 0 bridgehead atoms. The van der Waals surface area contributed by atoms with Crippen molar-refractivity contribution >= 4 is 25.4 Å². The van der Waals surface area contributed by atoms with Gasteiger partial charge in [0.15, 0.2) is 17.8 Å². The molecule has 5 heteroatoms. The van der Waals surface area contributed by atoms with E-state index in [2.05, 4.69) is 57.0 Å². The number of amidine groups is 1. The Labute approximate surface area is 146 Å². The van der Waals surface area contributed by atoms with Gasteiger partial charge in [0.05, 0.1) is 5.69 Å². The molecule has 0 radical (unpaired) electrons. The highest BCUT2D eigenvalue weighted by molar-refractivity contribution is 6.83. The zero-order valence-electron chi connectivity index (χ0n) is 15.7. The molecule has 1 heterocycles. The second-order valence-corrected chi connectivity index (χ2v) is 12.8. The van der Waals surface area contributed by atoms with E-state index < -0.39 is 8.07 Å².